The number of benzene rings is 1. The molecule has 4 heteroatoms. The second-order valence-electron chi connectivity index (χ2n) is 5.74. The van der Waals surface area contributed by atoms with Crippen LogP contribution < -0.4 is 10.6 Å². The lowest BCUT2D eigenvalue weighted by Gasteiger charge is -2.10. The van der Waals surface area contributed by atoms with Gasteiger partial charge in [-0.2, -0.15) is 0 Å². The summed E-state index contributed by atoms with van der Waals surface area (Å²) in [5.74, 6) is 0.0528. The molecule has 0 spiro atoms. The van der Waals surface area contributed by atoms with Crippen molar-refractivity contribution in [2.24, 2.45) is 0 Å². The summed E-state index contributed by atoms with van der Waals surface area (Å²) in [6.45, 7) is 8.37. The molecule has 0 atom stereocenters. The van der Waals surface area contributed by atoms with Gasteiger partial charge in [0.25, 0.3) is 0 Å². The van der Waals surface area contributed by atoms with Crippen molar-refractivity contribution < 1.29 is 4.79 Å². The lowest BCUT2D eigenvalue weighted by Crippen LogP contribution is -2.32. The van der Waals surface area contributed by atoms with Crippen LogP contribution in [-0.2, 0) is 17.9 Å². The van der Waals surface area contributed by atoms with Crippen LogP contribution in [0.15, 0.2) is 30.5 Å². The molecule has 114 valence electrons. The monoisotopic (exact) mass is 287 g/mol. The molecule has 21 heavy (non-hydrogen) atoms. The van der Waals surface area contributed by atoms with Crippen molar-refractivity contribution in [1.82, 2.24) is 15.2 Å². The first-order valence-corrected chi connectivity index (χ1v) is 7.68. The molecule has 0 fully saturated rings. The Morgan fingerprint density at radius 1 is 1.29 bits per heavy atom. The average molecular weight is 287 g/mol. The van der Waals surface area contributed by atoms with Crippen molar-refractivity contribution >= 4 is 16.8 Å². The van der Waals surface area contributed by atoms with Gasteiger partial charge in [0, 0.05) is 24.3 Å². The minimum atomic E-state index is 0.0528. The standard InChI is InChI=1S/C17H25N3O/c1-4-8-18-11-14-5-6-15-7-9-20(16(15)10-14)12-17(21)19-13(2)3/h5-7,9-10,13,18H,4,8,11-12H2,1-3H3,(H,19,21). The highest BCUT2D eigenvalue weighted by atomic mass is 16.2. The van der Waals surface area contributed by atoms with E-state index in [1.165, 1.54) is 10.9 Å². The van der Waals surface area contributed by atoms with Crippen LogP contribution in [0.5, 0.6) is 0 Å². The normalized spacial score (nSPS) is 11.2. The number of carbonyl (C=O) groups excluding carboxylic acids is 1. The summed E-state index contributed by atoms with van der Waals surface area (Å²) in [5, 5.41) is 7.51. The van der Waals surface area contributed by atoms with E-state index in [-0.39, 0.29) is 11.9 Å². The molecule has 1 amide bonds. The minimum Gasteiger partial charge on any atom is -0.352 e. The summed E-state index contributed by atoms with van der Waals surface area (Å²) < 4.78 is 2.01. The van der Waals surface area contributed by atoms with Crippen molar-refractivity contribution in [3.63, 3.8) is 0 Å². The zero-order valence-electron chi connectivity index (χ0n) is 13.1. The van der Waals surface area contributed by atoms with Gasteiger partial charge in [-0.15, -0.1) is 0 Å². The number of carbonyl (C=O) groups is 1. The predicted molar refractivity (Wildman–Crippen MR) is 87.2 cm³/mol. The highest BCUT2D eigenvalue weighted by Crippen LogP contribution is 2.17. The van der Waals surface area contributed by atoms with Crippen LogP contribution in [-0.4, -0.2) is 23.1 Å². The van der Waals surface area contributed by atoms with Gasteiger partial charge < -0.3 is 15.2 Å². The van der Waals surface area contributed by atoms with E-state index in [9.17, 15) is 4.79 Å². The number of nitrogens with zero attached hydrogens (tertiary/aromatic N) is 1. The van der Waals surface area contributed by atoms with Gasteiger partial charge in [-0.25, -0.2) is 0 Å². The van der Waals surface area contributed by atoms with E-state index in [4.69, 9.17) is 0 Å². The molecule has 0 radical (unpaired) electrons. The van der Waals surface area contributed by atoms with Crippen LogP contribution in [0.1, 0.15) is 32.8 Å². The van der Waals surface area contributed by atoms with Gasteiger partial charge >= 0.3 is 0 Å². The Balaban J connectivity index is 2.12. The second kappa shape index (κ2) is 7.27. The lowest BCUT2D eigenvalue weighted by atomic mass is 10.1. The maximum absolute atomic E-state index is 11.9. The Bertz CT molecular complexity index is 601. The number of nitrogens with one attached hydrogen (secondary N) is 2. The molecule has 4 nitrogen and oxygen atoms in total. The van der Waals surface area contributed by atoms with Crippen LogP contribution in [0, 0.1) is 0 Å². The van der Waals surface area contributed by atoms with Gasteiger partial charge in [0.15, 0.2) is 0 Å². The maximum atomic E-state index is 11.9. The summed E-state index contributed by atoms with van der Waals surface area (Å²) in [5.41, 5.74) is 2.37. The molecule has 0 aliphatic rings. The molecular formula is C17H25N3O. The molecule has 1 aromatic carbocycles. The van der Waals surface area contributed by atoms with Crippen LogP contribution in [0.25, 0.3) is 10.9 Å². The summed E-state index contributed by atoms with van der Waals surface area (Å²) in [6, 6.07) is 8.66. The van der Waals surface area contributed by atoms with Gasteiger partial charge in [-0.3, -0.25) is 4.79 Å². The first-order chi connectivity index (χ1) is 10.1. The van der Waals surface area contributed by atoms with E-state index in [1.54, 1.807) is 0 Å². The van der Waals surface area contributed by atoms with Crippen LogP contribution in [0.2, 0.25) is 0 Å². The minimum absolute atomic E-state index is 0.0528. The third-order valence-electron chi connectivity index (χ3n) is 3.36. The number of hydrogen-bond donors (Lipinski definition) is 2. The van der Waals surface area contributed by atoms with Crippen LogP contribution in [0.4, 0.5) is 0 Å². The Labute approximate surface area is 126 Å². The van der Waals surface area contributed by atoms with E-state index in [1.807, 2.05) is 24.6 Å². The lowest BCUT2D eigenvalue weighted by molar-refractivity contribution is -0.122. The zero-order chi connectivity index (χ0) is 15.2. The topological polar surface area (TPSA) is 46.1 Å². The van der Waals surface area contributed by atoms with Gasteiger partial charge in [-0.1, -0.05) is 19.1 Å². The molecule has 0 bridgehead atoms. The van der Waals surface area contributed by atoms with E-state index in [0.717, 1.165) is 25.0 Å². The Hall–Kier alpha value is -1.81. The first kappa shape index (κ1) is 15.6. The molecule has 0 saturated heterocycles. The predicted octanol–water partition coefficient (Wildman–Crippen LogP) is 2.67. The van der Waals surface area contributed by atoms with Gasteiger partial charge in [0.05, 0.1) is 0 Å². The van der Waals surface area contributed by atoms with Crippen LogP contribution in [0.3, 0.4) is 0 Å². The third-order valence-corrected chi connectivity index (χ3v) is 3.36. The molecule has 2 N–H and O–H groups in total. The second-order valence-corrected chi connectivity index (χ2v) is 5.74. The van der Waals surface area contributed by atoms with E-state index >= 15 is 0 Å². The Kier molecular flexibility index (Phi) is 5.39. The van der Waals surface area contributed by atoms with Crippen molar-refractivity contribution in [3.8, 4) is 0 Å². The molecular weight excluding hydrogens is 262 g/mol. The van der Waals surface area contributed by atoms with Crippen molar-refractivity contribution in [2.75, 3.05) is 6.54 Å². The largest absolute Gasteiger partial charge is 0.352 e. The highest BCUT2D eigenvalue weighted by molar-refractivity contribution is 5.83. The smallest absolute Gasteiger partial charge is 0.240 e. The van der Waals surface area contributed by atoms with Crippen molar-refractivity contribution in [2.45, 2.75) is 46.3 Å². The van der Waals surface area contributed by atoms with Crippen molar-refractivity contribution in [3.05, 3.63) is 36.0 Å². The first-order valence-electron chi connectivity index (χ1n) is 7.68. The van der Waals surface area contributed by atoms with E-state index < -0.39 is 0 Å². The third kappa shape index (κ3) is 4.33. The molecule has 1 heterocycles. The molecule has 2 rings (SSSR count). The average Bonchev–Trinajstić information content (AvgIpc) is 2.81. The van der Waals surface area contributed by atoms with E-state index in [2.05, 4.69) is 41.8 Å². The highest BCUT2D eigenvalue weighted by Gasteiger charge is 2.07. The number of hydrogen-bond acceptors (Lipinski definition) is 2. The zero-order valence-corrected chi connectivity index (χ0v) is 13.1. The molecule has 0 unspecified atom stereocenters. The molecule has 2 aromatic rings. The Morgan fingerprint density at radius 2 is 2.10 bits per heavy atom. The van der Waals surface area contributed by atoms with Gasteiger partial charge in [-0.05, 0) is 49.9 Å². The summed E-state index contributed by atoms with van der Waals surface area (Å²) in [6.07, 6.45) is 3.11. The summed E-state index contributed by atoms with van der Waals surface area (Å²) in [7, 11) is 0. The number of aromatic nitrogens is 1. The SMILES string of the molecule is CCCNCc1ccc2ccn(CC(=O)NC(C)C)c2c1. The fourth-order valence-electron chi connectivity index (χ4n) is 2.41. The summed E-state index contributed by atoms with van der Waals surface area (Å²) in [4.78, 5) is 11.9. The van der Waals surface area contributed by atoms with Crippen LogP contribution >= 0.6 is 0 Å². The summed E-state index contributed by atoms with van der Waals surface area (Å²) >= 11 is 0. The number of amides is 1. The fraction of sp³-hybridized carbons (Fsp3) is 0.471. The number of fused-ring (bicyclic) bond motifs is 1. The molecule has 0 aliphatic carbocycles. The van der Waals surface area contributed by atoms with Gasteiger partial charge in [0.1, 0.15) is 6.54 Å². The Morgan fingerprint density at radius 3 is 2.81 bits per heavy atom. The van der Waals surface area contributed by atoms with Crippen molar-refractivity contribution in [1.29, 1.82) is 0 Å². The molecule has 1 aromatic heterocycles. The quantitative estimate of drug-likeness (QED) is 0.769. The maximum Gasteiger partial charge on any atom is 0.240 e. The molecule has 0 aliphatic heterocycles. The van der Waals surface area contributed by atoms with Gasteiger partial charge in [0.2, 0.25) is 5.91 Å². The number of rotatable bonds is 7. The molecule has 0 saturated carbocycles. The fourth-order valence-corrected chi connectivity index (χ4v) is 2.41. The van der Waals surface area contributed by atoms with E-state index in [0.29, 0.717) is 6.54 Å².